The average molecular weight is 334 g/mol. The Hall–Kier alpha value is -2.96. The van der Waals surface area contributed by atoms with Crippen molar-refractivity contribution in [2.45, 2.75) is 6.42 Å². The quantitative estimate of drug-likeness (QED) is 0.844. The first-order valence-electron chi connectivity index (χ1n) is 7.18. The molecule has 0 saturated heterocycles. The Bertz CT molecular complexity index is 720. The molecule has 7 heteroatoms. The van der Waals surface area contributed by atoms with E-state index in [0.29, 0.717) is 5.69 Å². The number of rotatable bonds is 7. The first-order chi connectivity index (χ1) is 11.5. The topological polar surface area (TPSA) is 72.6 Å². The fourth-order valence-electron chi connectivity index (χ4n) is 2.02. The van der Waals surface area contributed by atoms with Crippen LogP contribution in [-0.2, 0) is 9.59 Å². The summed E-state index contributed by atoms with van der Waals surface area (Å²) in [6.45, 7) is -0.327. The van der Waals surface area contributed by atoms with E-state index in [1.807, 2.05) is 0 Å². The van der Waals surface area contributed by atoms with Crippen LogP contribution < -0.4 is 15.4 Å². The van der Waals surface area contributed by atoms with Gasteiger partial charge in [-0.3, -0.25) is 9.59 Å². The Labute approximate surface area is 137 Å². The van der Waals surface area contributed by atoms with Gasteiger partial charge in [0.1, 0.15) is 17.4 Å². The molecule has 0 saturated carbocycles. The Morgan fingerprint density at radius 3 is 2.38 bits per heavy atom. The van der Waals surface area contributed by atoms with Crippen molar-refractivity contribution in [2.75, 3.05) is 18.1 Å². The molecule has 24 heavy (non-hydrogen) atoms. The highest BCUT2D eigenvalue weighted by atomic mass is 19.1. The van der Waals surface area contributed by atoms with E-state index in [-0.39, 0.29) is 25.3 Å². The van der Waals surface area contributed by atoms with Crippen molar-refractivity contribution in [2.24, 2.45) is 5.73 Å². The van der Waals surface area contributed by atoms with Crippen LogP contribution in [0.25, 0.3) is 0 Å². The number of primary amides is 1. The van der Waals surface area contributed by atoms with Gasteiger partial charge < -0.3 is 15.4 Å². The summed E-state index contributed by atoms with van der Waals surface area (Å²) in [6.07, 6.45) is -0.0525. The van der Waals surface area contributed by atoms with Crippen molar-refractivity contribution in [3.63, 3.8) is 0 Å². The molecule has 0 bridgehead atoms. The minimum Gasteiger partial charge on any atom is -0.484 e. The van der Waals surface area contributed by atoms with Crippen molar-refractivity contribution < 1.29 is 23.1 Å². The van der Waals surface area contributed by atoms with E-state index < -0.39 is 23.4 Å². The van der Waals surface area contributed by atoms with Gasteiger partial charge in [0.25, 0.3) is 5.91 Å². The third kappa shape index (κ3) is 5.05. The minimum atomic E-state index is -0.569. The molecule has 126 valence electrons. The van der Waals surface area contributed by atoms with E-state index in [2.05, 4.69) is 0 Å². The van der Waals surface area contributed by atoms with Crippen molar-refractivity contribution in [3.05, 3.63) is 60.2 Å². The van der Waals surface area contributed by atoms with E-state index in [4.69, 9.17) is 10.5 Å². The summed E-state index contributed by atoms with van der Waals surface area (Å²) < 4.78 is 31.4. The summed E-state index contributed by atoms with van der Waals surface area (Å²) in [7, 11) is 0. The molecule has 2 rings (SSSR count). The lowest BCUT2D eigenvalue weighted by Crippen LogP contribution is -2.37. The molecule has 0 aliphatic heterocycles. The molecule has 0 radical (unpaired) electrons. The van der Waals surface area contributed by atoms with Crippen LogP contribution in [0.15, 0.2) is 48.5 Å². The maximum atomic E-state index is 13.1. The van der Waals surface area contributed by atoms with Gasteiger partial charge in [0.2, 0.25) is 5.91 Å². The van der Waals surface area contributed by atoms with Crippen LogP contribution in [0.5, 0.6) is 5.75 Å². The third-order valence-electron chi connectivity index (χ3n) is 3.18. The van der Waals surface area contributed by atoms with Crippen LogP contribution in [0.1, 0.15) is 6.42 Å². The highest BCUT2D eigenvalue weighted by molar-refractivity contribution is 5.95. The second-order valence-electron chi connectivity index (χ2n) is 4.98. The average Bonchev–Trinajstić information content (AvgIpc) is 2.54. The molecule has 0 aliphatic carbocycles. The molecule has 0 heterocycles. The molecule has 2 N–H and O–H groups in total. The predicted octanol–water partition coefficient (Wildman–Crippen LogP) is 2.25. The lowest BCUT2D eigenvalue weighted by molar-refractivity contribution is -0.120. The molecular weight excluding hydrogens is 318 g/mol. The van der Waals surface area contributed by atoms with Crippen LogP contribution in [0.3, 0.4) is 0 Å². The molecule has 2 aromatic rings. The van der Waals surface area contributed by atoms with E-state index in [1.54, 1.807) is 0 Å². The molecule has 0 fully saturated rings. The van der Waals surface area contributed by atoms with Crippen molar-refractivity contribution in [1.82, 2.24) is 0 Å². The first-order valence-corrected chi connectivity index (χ1v) is 7.18. The summed E-state index contributed by atoms with van der Waals surface area (Å²) >= 11 is 0. The summed E-state index contributed by atoms with van der Waals surface area (Å²) in [5, 5.41) is 0. The number of benzene rings is 2. The Morgan fingerprint density at radius 2 is 1.75 bits per heavy atom. The molecule has 2 amide bonds. The zero-order chi connectivity index (χ0) is 17.5. The fraction of sp³-hybridized carbons (Fsp3) is 0.176. The zero-order valence-corrected chi connectivity index (χ0v) is 12.7. The van der Waals surface area contributed by atoms with Gasteiger partial charge >= 0.3 is 0 Å². The van der Waals surface area contributed by atoms with E-state index in [0.717, 1.165) is 6.07 Å². The van der Waals surface area contributed by atoms with Crippen LogP contribution in [0, 0.1) is 11.6 Å². The normalized spacial score (nSPS) is 10.2. The highest BCUT2D eigenvalue weighted by Gasteiger charge is 2.17. The number of halogens is 2. The maximum Gasteiger partial charge on any atom is 0.264 e. The molecule has 0 aliphatic rings. The van der Waals surface area contributed by atoms with Crippen LogP contribution >= 0.6 is 0 Å². The van der Waals surface area contributed by atoms with Crippen molar-refractivity contribution >= 4 is 17.5 Å². The zero-order valence-electron chi connectivity index (χ0n) is 12.7. The van der Waals surface area contributed by atoms with Crippen LogP contribution in [-0.4, -0.2) is 25.0 Å². The summed E-state index contributed by atoms with van der Waals surface area (Å²) in [5.41, 5.74) is 5.52. The van der Waals surface area contributed by atoms with Gasteiger partial charge in [-0.15, -0.1) is 0 Å². The second kappa shape index (κ2) is 8.05. The Morgan fingerprint density at radius 1 is 1.04 bits per heavy atom. The number of nitrogens with zero attached hydrogens (tertiary/aromatic N) is 1. The SMILES string of the molecule is NC(=O)CCN(C(=O)COc1cccc(F)c1)c1ccc(F)cc1. The van der Waals surface area contributed by atoms with Gasteiger partial charge in [-0.05, 0) is 36.4 Å². The van der Waals surface area contributed by atoms with E-state index in [9.17, 15) is 18.4 Å². The number of hydrogen-bond acceptors (Lipinski definition) is 3. The molecule has 0 atom stereocenters. The Kier molecular flexibility index (Phi) is 5.83. The molecule has 0 unspecified atom stereocenters. The lowest BCUT2D eigenvalue weighted by Gasteiger charge is -2.22. The minimum absolute atomic E-state index is 0.0340. The highest BCUT2D eigenvalue weighted by Crippen LogP contribution is 2.17. The van der Waals surface area contributed by atoms with Crippen molar-refractivity contribution in [3.8, 4) is 5.75 Å². The van der Waals surface area contributed by atoms with E-state index in [1.165, 1.54) is 47.4 Å². The van der Waals surface area contributed by atoms with Gasteiger partial charge in [-0.2, -0.15) is 0 Å². The van der Waals surface area contributed by atoms with Gasteiger partial charge in [-0.1, -0.05) is 6.07 Å². The summed E-state index contributed by atoms with van der Waals surface area (Å²) in [5.74, 6) is -1.76. The fourth-order valence-corrected chi connectivity index (χ4v) is 2.02. The number of carbonyl (C=O) groups excluding carboxylic acids is 2. The number of carbonyl (C=O) groups is 2. The second-order valence-corrected chi connectivity index (χ2v) is 4.98. The van der Waals surface area contributed by atoms with Gasteiger partial charge in [0, 0.05) is 24.7 Å². The molecule has 0 aromatic heterocycles. The number of ether oxygens (including phenoxy) is 1. The maximum absolute atomic E-state index is 13.1. The molecule has 2 aromatic carbocycles. The van der Waals surface area contributed by atoms with Gasteiger partial charge in [0.05, 0.1) is 0 Å². The van der Waals surface area contributed by atoms with Gasteiger partial charge in [-0.25, -0.2) is 8.78 Å². The number of nitrogens with two attached hydrogens (primary N) is 1. The van der Waals surface area contributed by atoms with E-state index >= 15 is 0 Å². The van der Waals surface area contributed by atoms with Crippen molar-refractivity contribution in [1.29, 1.82) is 0 Å². The standard InChI is InChI=1S/C17H16F2N2O3/c18-12-4-6-14(7-5-12)21(9-8-16(20)22)17(23)11-24-15-3-1-2-13(19)10-15/h1-7,10H,8-9,11H2,(H2,20,22). The third-order valence-corrected chi connectivity index (χ3v) is 3.18. The number of amides is 2. The predicted molar refractivity (Wildman–Crippen MR) is 84.5 cm³/mol. The van der Waals surface area contributed by atoms with Crippen LogP contribution in [0.2, 0.25) is 0 Å². The van der Waals surface area contributed by atoms with Crippen LogP contribution in [0.4, 0.5) is 14.5 Å². The molecule has 0 spiro atoms. The largest absolute Gasteiger partial charge is 0.484 e. The lowest BCUT2D eigenvalue weighted by atomic mass is 10.2. The smallest absolute Gasteiger partial charge is 0.264 e. The monoisotopic (exact) mass is 334 g/mol. The summed E-state index contributed by atoms with van der Waals surface area (Å²) in [4.78, 5) is 24.6. The number of anilines is 1. The Balaban J connectivity index is 2.08. The first kappa shape index (κ1) is 17.4. The summed E-state index contributed by atoms with van der Waals surface area (Å²) in [6, 6.07) is 10.6. The number of hydrogen-bond donors (Lipinski definition) is 1. The van der Waals surface area contributed by atoms with Gasteiger partial charge in [0.15, 0.2) is 6.61 Å². The molecule has 5 nitrogen and oxygen atoms in total. The molecular formula is C17H16F2N2O3.